The Bertz CT molecular complexity index is 762. The Morgan fingerprint density at radius 2 is 2.22 bits per heavy atom. The lowest BCUT2D eigenvalue weighted by Crippen LogP contribution is -2.52. The number of thiocarbonyl (C=S) groups is 1. The molecule has 0 radical (unpaired) electrons. The number of rotatable bonds is 5. The summed E-state index contributed by atoms with van der Waals surface area (Å²) in [5, 5.41) is 11.6. The summed E-state index contributed by atoms with van der Waals surface area (Å²) in [5.74, 6) is 2.05. The first-order chi connectivity index (χ1) is 13.0. The minimum absolute atomic E-state index is 0.181. The average molecular weight is 408 g/mol. The molecule has 1 aliphatic carbocycles. The van der Waals surface area contributed by atoms with Crippen LogP contribution in [-0.4, -0.2) is 27.2 Å². The summed E-state index contributed by atoms with van der Waals surface area (Å²) in [6.07, 6.45) is 4.18. The van der Waals surface area contributed by atoms with Gasteiger partial charge in [-0.2, -0.15) is 16.3 Å². The van der Waals surface area contributed by atoms with E-state index in [1.54, 1.807) is 11.3 Å². The van der Waals surface area contributed by atoms with E-state index in [1.807, 2.05) is 16.8 Å². The fraction of sp³-hybridized carbons (Fsp3) is 0.556. The monoisotopic (exact) mass is 407 g/mol. The predicted molar refractivity (Wildman–Crippen MR) is 109 cm³/mol. The fourth-order valence-electron chi connectivity index (χ4n) is 3.26. The summed E-state index contributed by atoms with van der Waals surface area (Å²) >= 11 is 6.87. The minimum atomic E-state index is -0.181. The maximum atomic E-state index is 12.0. The van der Waals surface area contributed by atoms with Crippen molar-refractivity contribution in [3.63, 3.8) is 0 Å². The number of aryl methyl sites for hydroxylation is 1. The molecule has 3 N–H and O–H groups in total. The van der Waals surface area contributed by atoms with E-state index in [2.05, 4.69) is 40.2 Å². The molecule has 1 fully saturated rings. The number of hydrazine groups is 1. The van der Waals surface area contributed by atoms with Crippen LogP contribution in [0.1, 0.15) is 45.4 Å². The van der Waals surface area contributed by atoms with Crippen molar-refractivity contribution in [2.45, 2.75) is 52.0 Å². The Labute approximate surface area is 168 Å². The van der Waals surface area contributed by atoms with Crippen LogP contribution in [0.15, 0.2) is 21.3 Å². The van der Waals surface area contributed by atoms with Crippen LogP contribution in [0, 0.1) is 11.8 Å². The van der Waals surface area contributed by atoms with Crippen molar-refractivity contribution in [2.24, 2.45) is 11.8 Å². The van der Waals surface area contributed by atoms with Crippen molar-refractivity contribution >= 4 is 34.6 Å². The van der Waals surface area contributed by atoms with Crippen LogP contribution >= 0.6 is 23.6 Å². The van der Waals surface area contributed by atoms with Gasteiger partial charge < -0.3 is 9.84 Å². The summed E-state index contributed by atoms with van der Waals surface area (Å²) < 4.78 is 5.19. The average Bonchev–Trinajstić information content (AvgIpc) is 3.33. The standard InChI is InChI=1S/C18H25N5O2S2/c1-11-4-3-5-14(12(11)2)19-18(26)22-21-15(24)6-7-16-20-17(23-25-16)13-8-9-27-10-13/h8-12,14H,3-7H2,1-2H3,(H,21,24)(H2,19,22,26)/t11-,12-,14+/m1/s1. The van der Waals surface area contributed by atoms with Gasteiger partial charge >= 0.3 is 0 Å². The molecule has 0 saturated heterocycles. The molecule has 2 aromatic rings. The molecule has 2 heterocycles. The molecule has 0 unspecified atom stereocenters. The lowest BCUT2D eigenvalue weighted by atomic mass is 9.78. The molecule has 27 heavy (non-hydrogen) atoms. The quantitative estimate of drug-likeness (QED) is 0.518. The molecule has 7 nitrogen and oxygen atoms in total. The van der Waals surface area contributed by atoms with Crippen molar-refractivity contribution in [1.29, 1.82) is 0 Å². The number of nitrogens with zero attached hydrogens (tertiary/aromatic N) is 2. The topological polar surface area (TPSA) is 92.1 Å². The first-order valence-electron chi connectivity index (χ1n) is 9.23. The van der Waals surface area contributed by atoms with E-state index >= 15 is 0 Å². The first kappa shape index (κ1) is 19.8. The Kier molecular flexibility index (Phi) is 6.78. The highest BCUT2D eigenvalue weighted by molar-refractivity contribution is 7.80. The molecule has 0 aromatic carbocycles. The van der Waals surface area contributed by atoms with Crippen LogP contribution in [0.4, 0.5) is 0 Å². The van der Waals surface area contributed by atoms with Crippen molar-refractivity contribution in [3.8, 4) is 11.4 Å². The summed E-state index contributed by atoms with van der Waals surface area (Å²) in [7, 11) is 0. The number of aromatic nitrogens is 2. The maximum absolute atomic E-state index is 12.0. The Hall–Kier alpha value is -2.00. The van der Waals surface area contributed by atoms with Crippen LogP contribution < -0.4 is 16.2 Å². The zero-order chi connectivity index (χ0) is 19.2. The van der Waals surface area contributed by atoms with E-state index in [9.17, 15) is 4.79 Å². The predicted octanol–water partition coefficient (Wildman–Crippen LogP) is 3.05. The molecule has 2 aromatic heterocycles. The molecular formula is C18H25N5O2S2. The van der Waals surface area contributed by atoms with Gasteiger partial charge in [0.05, 0.1) is 0 Å². The van der Waals surface area contributed by atoms with Gasteiger partial charge in [-0.15, -0.1) is 0 Å². The molecular weight excluding hydrogens is 382 g/mol. The van der Waals surface area contributed by atoms with E-state index < -0.39 is 0 Å². The highest BCUT2D eigenvalue weighted by Gasteiger charge is 2.27. The number of carbonyl (C=O) groups excluding carboxylic acids is 1. The van der Waals surface area contributed by atoms with Crippen molar-refractivity contribution in [3.05, 3.63) is 22.7 Å². The van der Waals surface area contributed by atoms with Gasteiger partial charge in [-0.05, 0) is 41.9 Å². The van der Waals surface area contributed by atoms with E-state index in [0.29, 0.717) is 41.1 Å². The van der Waals surface area contributed by atoms with Crippen LogP contribution in [-0.2, 0) is 11.2 Å². The molecule has 1 aliphatic rings. The van der Waals surface area contributed by atoms with E-state index in [1.165, 1.54) is 12.8 Å². The highest BCUT2D eigenvalue weighted by atomic mass is 32.1. The second-order valence-electron chi connectivity index (χ2n) is 7.04. The van der Waals surface area contributed by atoms with Gasteiger partial charge in [0.1, 0.15) is 0 Å². The largest absolute Gasteiger partial charge is 0.358 e. The first-order valence-corrected chi connectivity index (χ1v) is 10.6. The highest BCUT2D eigenvalue weighted by Crippen LogP contribution is 2.29. The maximum Gasteiger partial charge on any atom is 0.238 e. The van der Waals surface area contributed by atoms with E-state index in [0.717, 1.165) is 12.0 Å². The van der Waals surface area contributed by atoms with E-state index in [-0.39, 0.29) is 12.3 Å². The van der Waals surface area contributed by atoms with Gasteiger partial charge in [0.2, 0.25) is 17.6 Å². The van der Waals surface area contributed by atoms with Gasteiger partial charge in [-0.25, -0.2) is 0 Å². The zero-order valence-corrected chi connectivity index (χ0v) is 17.2. The second kappa shape index (κ2) is 9.27. The number of carbonyl (C=O) groups is 1. The van der Waals surface area contributed by atoms with Crippen LogP contribution in [0.2, 0.25) is 0 Å². The Morgan fingerprint density at radius 1 is 1.37 bits per heavy atom. The third-order valence-corrected chi connectivity index (χ3v) is 6.06. The van der Waals surface area contributed by atoms with Crippen molar-refractivity contribution in [1.82, 2.24) is 26.3 Å². The number of nitrogens with one attached hydrogen (secondary N) is 3. The number of thiophene rings is 1. The zero-order valence-electron chi connectivity index (χ0n) is 15.5. The molecule has 0 spiro atoms. The summed E-state index contributed by atoms with van der Waals surface area (Å²) in [6.45, 7) is 4.52. The SMILES string of the molecule is C[C@@H]1[C@H](C)CCC[C@@H]1NC(=S)NNC(=O)CCc1nc(-c2ccsc2)no1. The van der Waals surface area contributed by atoms with Gasteiger partial charge in [-0.3, -0.25) is 15.6 Å². The van der Waals surface area contributed by atoms with Gasteiger partial charge in [-0.1, -0.05) is 31.8 Å². The summed E-state index contributed by atoms with van der Waals surface area (Å²) in [4.78, 5) is 16.3. The number of hydrogen-bond donors (Lipinski definition) is 3. The van der Waals surface area contributed by atoms with Gasteiger partial charge in [0, 0.05) is 29.8 Å². The fourth-order valence-corrected chi connectivity index (χ4v) is 4.10. The van der Waals surface area contributed by atoms with Gasteiger partial charge in [0.25, 0.3) is 0 Å². The second-order valence-corrected chi connectivity index (χ2v) is 8.23. The summed E-state index contributed by atoms with van der Waals surface area (Å²) in [6, 6.07) is 2.28. The molecule has 1 amide bonds. The van der Waals surface area contributed by atoms with Crippen LogP contribution in [0.5, 0.6) is 0 Å². The Morgan fingerprint density at radius 3 is 3.00 bits per heavy atom. The lowest BCUT2D eigenvalue weighted by Gasteiger charge is -2.35. The molecule has 3 atom stereocenters. The number of hydrogen-bond acceptors (Lipinski definition) is 6. The number of amides is 1. The third-order valence-electron chi connectivity index (χ3n) is 5.15. The van der Waals surface area contributed by atoms with Crippen LogP contribution in [0.3, 0.4) is 0 Å². The molecule has 1 saturated carbocycles. The van der Waals surface area contributed by atoms with Crippen LogP contribution in [0.25, 0.3) is 11.4 Å². The minimum Gasteiger partial charge on any atom is -0.358 e. The normalized spacial score (nSPS) is 22.2. The smallest absolute Gasteiger partial charge is 0.238 e. The lowest BCUT2D eigenvalue weighted by molar-refractivity contribution is -0.121. The molecule has 9 heteroatoms. The Balaban J connectivity index is 1.37. The van der Waals surface area contributed by atoms with Crippen molar-refractivity contribution < 1.29 is 9.32 Å². The van der Waals surface area contributed by atoms with Crippen molar-refractivity contribution in [2.75, 3.05) is 0 Å². The molecule has 3 rings (SSSR count). The summed E-state index contributed by atoms with van der Waals surface area (Å²) in [5.41, 5.74) is 6.33. The molecule has 0 bridgehead atoms. The molecule has 0 aliphatic heterocycles. The third kappa shape index (κ3) is 5.49. The van der Waals surface area contributed by atoms with E-state index in [4.69, 9.17) is 16.7 Å². The molecule has 146 valence electrons. The van der Waals surface area contributed by atoms with Gasteiger partial charge in [0.15, 0.2) is 5.11 Å².